The van der Waals surface area contributed by atoms with E-state index in [0.29, 0.717) is 16.7 Å². The Kier molecular flexibility index (Phi) is 6.14. The van der Waals surface area contributed by atoms with Gasteiger partial charge < -0.3 is 4.57 Å². The quantitative estimate of drug-likeness (QED) is 0.417. The third-order valence-corrected chi connectivity index (χ3v) is 8.27. The molecule has 0 aromatic heterocycles. The second-order valence-corrected chi connectivity index (χ2v) is 10.2. The van der Waals surface area contributed by atoms with Gasteiger partial charge in [-0.25, -0.2) is 0 Å². The van der Waals surface area contributed by atoms with Crippen LogP contribution in [0.1, 0.15) is 37.4 Å². The number of rotatable bonds is 5. The van der Waals surface area contributed by atoms with Crippen LogP contribution in [-0.2, 0) is 4.57 Å². The van der Waals surface area contributed by atoms with Crippen molar-refractivity contribution in [1.82, 2.24) is 0 Å². The molecule has 0 spiro atoms. The Morgan fingerprint density at radius 2 is 1.21 bits per heavy atom. The molecule has 1 unspecified atom stereocenters. The largest absolute Gasteiger partial charge is 0.302 e. The second-order valence-electron chi connectivity index (χ2n) is 6.85. The highest BCUT2D eigenvalue weighted by atomic mass is 35.5. The Hall–Kier alpha value is -2.19. The normalized spacial score (nSPS) is 13.0. The van der Waals surface area contributed by atoms with Crippen LogP contribution in [0.3, 0.4) is 0 Å². The van der Waals surface area contributed by atoms with E-state index in [1.54, 1.807) is 44.2 Å². The summed E-state index contributed by atoms with van der Waals surface area (Å²) < 4.78 is 14.3. The first-order valence-electron chi connectivity index (χ1n) is 8.95. The molecule has 6 heteroatoms. The Bertz CT molecular complexity index is 1150. The van der Waals surface area contributed by atoms with Gasteiger partial charge in [-0.1, -0.05) is 71.7 Å². The first-order chi connectivity index (χ1) is 13.7. The SMILES string of the molecule is Cc1ccc(C)c(C(=O)P(=O)(C(=O)c2c(Cl)cccc2Cl)c2ccccc2)c1C. The summed E-state index contributed by atoms with van der Waals surface area (Å²) in [7, 11) is -4.27. The van der Waals surface area contributed by atoms with Crippen molar-refractivity contribution in [2.75, 3.05) is 0 Å². The number of hydrogen-bond donors (Lipinski definition) is 0. The molecular weight excluding hydrogens is 426 g/mol. The molecule has 0 N–H and O–H groups in total. The van der Waals surface area contributed by atoms with Crippen LogP contribution in [0, 0.1) is 20.8 Å². The minimum atomic E-state index is -4.27. The Morgan fingerprint density at radius 3 is 1.79 bits per heavy atom. The summed E-state index contributed by atoms with van der Waals surface area (Å²) in [5.74, 6) is 0. The van der Waals surface area contributed by atoms with E-state index < -0.39 is 18.2 Å². The Balaban J connectivity index is 2.33. The van der Waals surface area contributed by atoms with Gasteiger partial charge in [-0.2, -0.15) is 0 Å². The van der Waals surface area contributed by atoms with Crippen molar-refractivity contribution in [3.63, 3.8) is 0 Å². The fourth-order valence-electron chi connectivity index (χ4n) is 3.26. The van der Waals surface area contributed by atoms with Crippen LogP contribution in [-0.4, -0.2) is 11.0 Å². The fourth-order valence-corrected chi connectivity index (χ4v) is 6.42. The lowest BCUT2D eigenvalue weighted by atomic mass is 9.99. The number of carbonyl (C=O) groups is 2. The molecule has 0 heterocycles. The number of aryl methyl sites for hydroxylation is 2. The van der Waals surface area contributed by atoms with Gasteiger partial charge in [0.1, 0.15) is 0 Å². The minimum Gasteiger partial charge on any atom is -0.302 e. The van der Waals surface area contributed by atoms with E-state index in [2.05, 4.69) is 0 Å². The zero-order valence-corrected chi connectivity index (χ0v) is 18.6. The van der Waals surface area contributed by atoms with Crippen LogP contribution in [0.25, 0.3) is 0 Å². The third-order valence-electron chi connectivity index (χ3n) is 5.03. The molecule has 0 fully saturated rings. The summed E-state index contributed by atoms with van der Waals surface area (Å²) in [6.45, 7) is 5.42. The molecule has 3 aromatic rings. The van der Waals surface area contributed by atoms with Crippen molar-refractivity contribution in [2.45, 2.75) is 20.8 Å². The van der Waals surface area contributed by atoms with E-state index in [9.17, 15) is 14.2 Å². The zero-order valence-electron chi connectivity index (χ0n) is 16.2. The lowest BCUT2D eigenvalue weighted by molar-refractivity contribution is 0.104. The van der Waals surface area contributed by atoms with Gasteiger partial charge in [0.2, 0.25) is 18.2 Å². The maximum atomic E-state index is 14.3. The van der Waals surface area contributed by atoms with E-state index in [1.807, 2.05) is 13.0 Å². The van der Waals surface area contributed by atoms with Crippen LogP contribution in [0.2, 0.25) is 10.0 Å². The van der Waals surface area contributed by atoms with Crippen molar-refractivity contribution in [1.29, 1.82) is 0 Å². The predicted molar refractivity (Wildman–Crippen MR) is 119 cm³/mol. The maximum absolute atomic E-state index is 14.3. The summed E-state index contributed by atoms with van der Waals surface area (Å²) in [4.78, 5) is 27.3. The van der Waals surface area contributed by atoms with Crippen molar-refractivity contribution >= 4 is 46.7 Å². The van der Waals surface area contributed by atoms with E-state index in [0.717, 1.165) is 5.56 Å². The van der Waals surface area contributed by atoms with Crippen LogP contribution in [0.5, 0.6) is 0 Å². The second kappa shape index (κ2) is 8.28. The summed E-state index contributed by atoms with van der Waals surface area (Å²) in [6.07, 6.45) is 0. The van der Waals surface area contributed by atoms with E-state index in [-0.39, 0.29) is 20.9 Å². The van der Waals surface area contributed by atoms with E-state index in [1.165, 1.54) is 24.3 Å². The van der Waals surface area contributed by atoms with Gasteiger partial charge >= 0.3 is 0 Å². The molecule has 0 aliphatic rings. The summed E-state index contributed by atoms with van der Waals surface area (Å²) in [5, 5.41) is 0.277. The molecule has 0 saturated heterocycles. The van der Waals surface area contributed by atoms with E-state index in [4.69, 9.17) is 23.2 Å². The molecule has 0 radical (unpaired) electrons. The highest BCUT2D eigenvalue weighted by Crippen LogP contribution is 2.53. The standard InChI is InChI=1S/C23H19Cl2O3P/c1-14-12-13-15(2)20(16(14)3)22(26)29(28,17-8-5-4-6-9-17)23(27)21-18(24)10-7-11-19(21)25/h4-13H,1-3H3. The first-order valence-corrected chi connectivity index (χ1v) is 11.4. The van der Waals surface area contributed by atoms with Crippen LogP contribution < -0.4 is 5.30 Å². The Labute approximate surface area is 180 Å². The van der Waals surface area contributed by atoms with Crippen molar-refractivity contribution in [3.05, 3.63) is 98.5 Å². The average molecular weight is 445 g/mol. The molecule has 1 atom stereocenters. The molecule has 3 nitrogen and oxygen atoms in total. The van der Waals surface area contributed by atoms with Crippen molar-refractivity contribution in [2.24, 2.45) is 0 Å². The van der Waals surface area contributed by atoms with Gasteiger partial charge in [0.25, 0.3) is 0 Å². The summed E-state index contributed by atoms with van der Waals surface area (Å²) in [6, 6.07) is 16.3. The highest BCUT2D eigenvalue weighted by molar-refractivity contribution is 8.01. The Morgan fingerprint density at radius 1 is 0.690 bits per heavy atom. The number of halogens is 2. The van der Waals surface area contributed by atoms with Crippen LogP contribution >= 0.6 is 30.3 Å². The van der Waals surface area contributed by atoms with Gasteiger partial charge in [-0.15, -0.1) is 0 Å². The van der Waals surface area contributed by atoms with Gasteiger partial charge in [-0.3, -0.25) is 9.59 Å². The molecule has 0 aliphatic carbocycles. The smallest absolute Gasteiger partial charge is 0.248 e. The van der Waals surface area contributed by atoms with Gasteiger partial charge in [-0.05, 0) is 49.6 Å². The molecular formula is C23H19Cl2O3P. The van der Waals surface area contributed by atoms with Crippen molar-refractivity contribution in [3.8, 4) is 0 Å². The molecule has 3 aromatic carbocycles. The number of carbonyl (C=O) groups excluding carboxylic acids is 2. The highest BCUT2D eigenvalue weighted by Gasteiger charge is 2.45. The zero-order chi connectivity index (χ0) is 21.3. The fraction of sp³-hybridized carbons (Fsp3) is 0.130. The number of hydrogen-bond acceptors (Lipinski definition) is 3. The van der Waals surface area contributed by atoms with Crippen molar-refractivity contribution < 1.29 is 14.2 Å². The molecule has 29 heavy (non-hydrogen) atoms. The van der Waals surface area contributed by atoms with E-state index >= 15 is 0 Å². The molecule has 3 rings (SSSR count). The van der Waals surface area contributed by atoms with Crippen LogP contribution in [0.4, 0.5) is 0 Å². The maximum Gasteiger partial charge on any atom is 0.248 e. The molecule has 0 bridgehead atoms. The summed E-state index contributed by atoms with van der Waals surface area (Å²) >= 11 is 12.4. The average Bonchev–Trinajstić information content (AvgIpc) is 2.70. The molecule has 0 aliphatic heterocycles. The van der Waals surface area contributed by atoms with Gasteiger partial charge in [0.05, 0.1) is 15.6 Å². The molecule has 0 saturated carbocycles. The lowest BCUT2D eigenvalue weighted by Crippen LogP contribution is -2.22. The lowest BCUT2D eigenvalue weighted by Gasteiger charge is -2.20. The topological polar surface area (TPSA) is 51.2 Å². The molecule has 148 valence electrons. The summed E-state index contributed by atoms with van der Waals surface area (Å²) in [5.41, 5.74) is 0.874. The molecule has 0 amide bonds. The van der Waals surface area contributed by atoms with Gasteiger partial charge in [0.15, 0.2) is 0 Å². The monoisotopic (exact) mass is 444 g/mol. The van der Waals surface area contributed by atoms with Gasteiger partial charge in [0, 0.05) is 10.9 Å². The minimum absolute atomic E-state index is 0.0594. The third kappa shape index (κ3) is 3.71. The predicted octanol–water partition coefficient (Wildman–Crippen LogP) is 6.59. The van der Waals surface area contributed by atoms with Crippen LogP contribution in [0.15, 0.2) is 60.7 Å². The first kappa shape index (κ1) is 21.5. The number of benzene rings is 3.